The fourth-order valence-electron chi connectivity index (χ4n) is 2.16. The Hall–Kier alpha value is -0.880. The number of nitrogens with zero attached hydrogens (tertiary/aromatic N) is 1. The third-order valence-electron chi connectivity index (χ3n) is 3.22. The number of halogens is 1. The van der Waals surface area contributed by atoms with E-state index in [0.717, 1.165) is 29.7 Å². The summed E-state index contributed by atoms with van der Waals surface area (Å²) >= 11 is 4.78. The van der Waals surface area contributed by atoms with Crippen LogP contribution in [0.4, 0.5) is 0 Å². The molecule has 1 aliphatic rings. The number of piperidine rings is 1. The summed E-state index contributed by atoms with van der Waals surface area (Å²) in [6.07, 6.45) is 3.31. The van der Waals surface area contributed by atoms with Crippen LogP contribution in [0.1, 0.15) is 36.5 Å². The highest BCUT2D eigenvalue weighted by molar-refractivity contribution is 9.11. The van der Waals surface area contributed by atoms with Gasteiger partial charge in [0.15, 0.2) is 0 Å². The van der Waals surface area contributed by atoms with Gasteiger partial charge in [-0.2, -0.15) is 0 Å². The molecule has 0 aromatic carbocycles. The van der Waals surface area contributed by atoms with Crippen molar-refractivity contribution in [2.24, 2.45) is 0 Å². The van der Waals surface area contributed by atoms with E-state index in [0.29, 0.717) is 5.56 Å². The molecule has 2 amide bonds. The molecule has 0 bridgehead atoms. The van der Waals surface area contributed by atoms with Gasteiger partial charge in [-0.05, 0) is 48.2 Å². The van der Waals surface area contributed by atoms with E-state index in [1.165, 1.54) is 17.8 Å². The van der Waals surface area contributed by atoms with E-state index in [1.807, 2.05) is 4.90 Å². The fraction of sp³-hybridized carbons (Fsp3) is 0.538. The van der Waals surface area contributed by atoms with E-state index in [-0.39, 0.29) is 11.8 Å². The zero-order valence-corrected chi connectivity index (χ0v) is 13.2. The number of hydrogen-bond acceptors (Lipinski definition) is 3. The van der Waals surface area contributed by atoms with Gasteiger partial charge in [-0.25, -0.2) is 0 Å². The lowest BCUT2D eigenvalue weighted by Gasteiger charge is -2.29. The van der Waals surface area contributed by atoms with Gasteiger partial charge in [0.25, 0.3) is 5.91 Å². The molecule has 1 aromatic rings. The second-order valence-corrected chi connectivity index (χ2v) is 7.01. The van der Waals surface area contributed by atoms with Crippen LogP contribution >= 0.6 is 27.3 Å². The molecule has 1 atom stereocenters. The van der Waals surface area contributed by atoms with Crippen LogP contribution in [0.25, 0.3) is 0 Å². The maximum Gasteiger partial charge on any atom is 0.252 e. The summed E-state index contributed by atoms with van der Waals surface area (Å²) in [5, 5.41) is 4.54. The fourth-order valence-corrected chi connectivity index (χ4v) is 3.30. The van der Waals surface area contributed by atoms with Crippen molar-refractivity contribution >= 4 is 39.1 Å². The van der Waals surface area contributed by atoms with Crippen molar-refractivity contribution in [1.82, 2.24) is 10.2 Å². The summed E-state index contributed by atoms with van der Waals surface area (Å²) in [7, 11) is 0. The first-order valence-corrected chi connectivity index (χ1v) is 8.09. The van der Waals surface area contributed by atoms with Crippen molar-refractivity contribution in [1.29, 1.82) is 0 Å². The van der Waals surface area contributed by atoms with Gasteiger partial charge in [0, 0.05) is 18.5 Å². The van der Waals surface area contributed by atoms with Crippen molar-refractivity contribution in [3.8, 4) is 0 Å². The summed E-state index contributed by atoms with van der Waals surface area (Å²) < 4.78 is 0.910. The molecule has 2 heterocycles. The molecule has 1 fully saturated rings. The van der Waals surface area contributed by atoms with E-state index in [4.69, 9.17) is 0 Å². The second-order valence-electron chi connectivity index (χ2n) is 4.72. The van der Waals surface area contributed by atoms with Crippen LogP contribution in [0.15, 0.2) is 15.2 Å². The monoisotopic (exact) mass is 344 g/mol. The zero-order valence-electron chi connectivity index (χ0n) is 10.8. The lowest BCUT2D eigenvalue weighted by molar-refractivity contribution is -0.133. The Labute approximate surface area is 125 Å². The minimum absolute atomic E-state index is 0.0161. The Bertz CT molecular complexity index is 469. The lowest BCUT2D eigenvalue weighted by atomic mass is 10.1. The third-order valence-corrected chi connectivity index (χ3v) is 4.72. The molecule has 4 nitrogen and oxygen atoms in total. The summed E-state index contributed by atoms with van der Waals surface area (Å²) in [6, 6.07) is 1.29. The van der Waals surface area contributed by atoms with Gasteiger partial charge in [-0.15, -0.1) is 11.3 Å². The molecule has 1 unspecified atom stereocenters. The van der Waals surface area contributed by atoms with Crippen molar-refractivity contribution < 1.29 is 9.59 Å². The van der Waals surface area contributed by atoms with E-state index >= 15 is 0 Å². The highest BCUT2D eigenvalue weighted by atomic mass is 79.9. The number of carbonyl (C=O) groups excluding carboxylic acids is 2. The first-order valence-electron chi connectivity index (χ1n) is 6.41. The molecule has 6 heteroatoms. The molecule has 2 rings (SSSR count). The van der Waals surface area contributed by atoms with Crippen LogP contribution in [0.3, 0.4) is 0 Å². The Morgan fingerprint density at radius 1 is 1.37 bits per heavy atom. The smallest absolute Gasteiger partial charge is 0.252 e. The minimum atomic E-state index is -0.468. The normalized spacial score (nSPS) is 17.1. The molecule has 0 aliphatic carbocycles. The van der Waals surface area contributed by atoms with Crippen molar-refractivity contribution in [3.63, 3.8) is 0 Å². The number of amides is 2. The predicted molar refractivity (Wildman–Crippen MR) is 79.4 cm³/mol. The molecule has 1 N–H and O–H groups in total. The lowest BCUT2D eigenvalue weighted by Crippen LogP contribution is -2.48. The average Bonchev–Trinajstić information content (AvgIpc) is 2.85. The van der Waals surface area contributed by atoms with Gasteiger partial charge < -0.3 is 10.2 Å². The van der Waals surface area contributed by atoms with Crippen molar-refractivity contribution in [2.45, 2.75) is 32.2 Å². The molecule has 0 saturated carbocycles. The van der Waals surface area contributed by atoms with Crippen molar-refractivity contribution in [2.75, 3.05) is 13.1 Å². The van der Waals surface area contributed by atoms with Crippen LogP contribution in [0.5, 0.6) is 0 Å². The molecule has 104 valence electrons. The molecular weight excluding hydrogens is 328 g/mol. The SMILES string of the molecule is CC(NC(=O)c1csc(Br)c1)C(=O)N1CCCCC1. The van der Waals surface area contributed by atoms with Gasteiger partial charge in [-0.3, -0.25) is 9.59 Å². The highest BCUT2D eigenvalue weighted by Crippen LogP contribution is 2.20. The Kier molecular flexibility index (Phi) is 4.99. The van der Waals surface area contributed by atoms with E-state index in [1.54, 1.807) is 18.4 Å². The topological polar surface area (TPSA) is 49.4 Å². The average molecular weight is 345 g/mol. The first-order chi connectivity index (χ1) is 9.08. The maximum absolute atomic E-state index is 12.2. The molecule has 1 aromatic heterocycles. The van der Waals surface area contributed by atoms with Gasteiger partial charge >= 0.3 is 0 Å². The predicted octanol–water partition coefficient (Wildman–Crippen LogP) is 2.64. The summed E-state index contributed by atoms with van der Waals surface area (Å²) in [5.41, 5.74) is 0.593. The minimum Gasteiger partial charge on any atom is -0.341 e. The van der Waals surface area contributed by atoms with E-state index in [9.17, 15) is 9.59 Å². The van der Waals surface area contributed by atoms with Crippen LogP contribution < -0.4 is 5.32 Å². The third kappa shape index (κ3) is 3.79. The highest BCUT2D eigenvalue weighted by Gasteiger charge is 2.23. The Morgan fingerprint density at radius 2 is 2.05 bits per heavy atom. The van der Waals surface area contributed by atoms with Crippen LogP contribution in [-0.2, 0) is 4.79 Å². The standard InChI is InChI=1S/C13H17BrN2O2S/c1-9(13(18)16-5-3-2-4-6-16)15-12(17)10-7-11(14)19-8-10/h7-9H,2-6H2,1H3,(H,15,17). The van der Waals surface area contributed by atoms with Gasteiger partial charge in [0.2, 0.25) is 5.91 Å². The van der Waals surface area contributed by atoms with E-state index in [2.05, 4.69) is 21.2 Å². The molecule has 0 radical (unpaired) electrons. The maximum atomic E-state index is 12.2. The van der Waals surface area contributed by atoms with Crippen LogP contribution in [0.2, 0.25) is 0 Å². The summed E-state index contributed by atoms with van der Waals surface area (Å²) in [5.74, 6) is -0.179. The quantitative estimate of drug-likeness (QED) is 0.916. The second kappa shape index (κ2) is 6.52. The number of likely N-dealkylation sites (tertiary alicyclic amines) is 1. The van der Waals surface area contributed by atoms with Gasteiger partial charge in [0.1, 0.15) is 6.04 Å². The number of hydrogen-bond donors (Lipinski definition) is 1. The molecule has 19 heavy (non-hydrogen) atoms. The zero-order chi connectivity index (χ0) is 13.8. The van der Waals surface area contributed by atoms with Gasteiger partial charge in [-0.1, -0.05) is 0 Å². The van der Waals surface area contributed by atoms with Crippen LogP contribution in [-0.4, -0.2) is 35.8 Å². The van der Waals surface area contributed by atoms with Crippen LogP contribution in [0, 0.1) is 0 Å². The van der Waals surface area contributed by atoms with Crippen molar-refractivity contribution in [3.05, 3.63) is 20.8 Å². The van der Waals surface area contributed by atoms with Gasteiger partial charge in [0.05, 0.1) is 9.35 Å². The molecule has 1 aliphatic heterocycles. The molecule has 1 saturated heterocycles. The number of nitrogens with one attached hydrogen (secondary N) is 1. The molecular formula is C13H17BrN2O2S. The Balaban J connectivity index is 1.91. The van der Waals surface area contributed by atoms with E-state index < -0.39 is 6.04 Å². The summed E-state index contributed by atoms with van der Waals surface area (Å²) in [4.78, 5) is 26.0. The largest absolute Gasteiger partial charge is 0.341 e. The number of rotatable bonds is 3. The number of thiophene rings is 1. The first kappa shape index (κ1) is 14.5. The molecule has 0 spiro atoms. The Morgan fingerprint density at radius 3 is 2.63 bits per heavy atom. The summed E-state index contributed by atoms with van der Waals surface area (Å²) in [6.45, 7) is 3.36. The number of carbonyl (C=O) groups is 2.